The zero-order valence-corrected chi connectivity index (χ0v) is 6.81. The Morgan fingerprint density at radius 1 is 1.50 bits per heavy atom. The van der Waals surface area contributed by atoms with Crippen LogP contribution in [0, 0.1) is 0 Å². The zero-order valence-electron chi connectivity index (χ0n) is 6.81. The lowest BCUT2D eigenvalue weighted by atomic mass is 10.2. The van der Waals surface area contributed by atoms with Crippen LogP contribution in [0.4, 0.5) is 0 Å². The van der Waals surface area contributed by atoms with Gasteiger partial charge in [-0.2, -0.15) is 0 Å². The van der Waals surface area contributed by atoms with Crippen LogP contribution in [0.1, 0.15) is 20.8 Å². The van der Waals surface area contributed by atoms with Crippen molar-refractivity contribution in [2.45, 2.75) is 20.8 Å². The van der Waals surface area contributed by atoms with Gasteiger partial charge in [-0.15, -0.1) is 0 Å². The molecule has 2 N–H and O–H groups in total. The molecular weight excluding hydrogens is 124 g/mol. The monoisotopic (exact) mass is 138 g/mol. The van der Waals surface area contributed by atoms with Gasteiger partial charge in [-0.3, -0.25) is 4.99 Å². The van der Waals surface area contributed by atoms with Crippen LogP contribution in [0.5, 0.6) is 0 Å². The minimum absolute atomic E-state index is 0.679. The maximum atomic E-state index is 5.61. The quantitative estimate of drug-likeness (QED) is 0.459. The van der Waals surface area contributed by atoms with E-state index in [4.69, 9.17) is 5.73 Å². The fourth-order valence-electron chi connectivity index (χ4n) is 0.572. The molecule has 0 aromatic rings. The predicted octanol–water partition coefficient (Wildman–Crippen LogP) is 1.84. The van der Waals surface area contributed by atoms with E-state index in [1.165, 1.54) is 0 Å². The molecule has 10 heavy (non-hydrogen) atoms. The van der Waals surface area contributed by atoms with Gasteiger partial charge in [0.15, 0.2) is 0 Å². The molecule has 0 unspecified atom stereocenters. The third kappa shape index (κ3) is 2.49. The molecule has 0 aromatic heterocycles. The molecule has 0 amide bonds. The summed E-state index contributed by atoms with van der Waals surface area (Å²) in [6, 6.07) is 0. The molecule has 0 bridgehead atoms. The van der Waals surface area contributed by atoms with Crippen molar-refractivity contribution in [1.82, 2.24) is 0 Å². The van der Waals surface area contributed by atoms with E-state index in [-0.39, 0.29) is 0 Å². The number of nitrogens with two attached hydrogens (primary N) is 1. The van der Waals surface area contributed by atoms with Gasteiger partial charge in [-0.1, -0.05) is 6.58 Å². The summed E-state index contributed by atoms with van der Waals surface area (Å²) in [4.78, 5) is 4.01. The number of rotatable bonds is 2. The maximum Gasteiger partial charge on any atom is 0.0600 e. The van der Waals surface area contributed by atoms with E-state index in [2.05, 4.69) is 11.6 Å². The molecule has 0 saturated heterocycles. The Hall–Kier alpha value is -1.05. The first-order chi connectivity index (χ1) is 4.59. The van der Waals surface area contributed by atoms with Crippen LogP contribution in [-0.2, 0) is 0 Å². The number of hydrogen-bond donors (Lipinski definition) is 1. The highest BCUT2D eigenvalue weighted by Crippen LogP contribution is 2.06. The lowest BCUT2D eigenvalue weighted by Crippen LogP contribution is -2.00. The molecule has 0 fully saturated rings. The first-order valence-corrected chi connectivity index (χ1v) is 3.20. The summed E-state index contributed by atoms with van der Waals surface area (Å²) in [5, 5.41) is 0. The Kier molecular flexibility index (Phi) is 3.47. The van der Waals surface area contributed by atoms with Crippen molar-refractivity contribution >= 4 is 6.21 Å². The van der Waals surface area contributed by atoms with Crippen LogP contribution in [0.15, 0.2) is 28.5 Å². The van der Waals surface area contributed by atoms with Gasteiger partial charge in [0.1, 0.15) is 0 Å². The van der Waals surface area contributed by atoms with E-state index in [0.29, 0.717) is 5.70 Å². The van der Waals surface area contributed by atoms with E-state index in [1.807, 2.05) is 20.8 Å². The lowest BCUT2D eigenvalue weighted by Gasteiger charge is -2.00. The molecule has 2 heteroatoms. The van der Waals surface area contributed by atoms with Gasteiger partial charge < -0.3 is 5.73 Å². The molecule has 0 aliphatic carbocycles. The highest BCUT2D eigenvalue weighted by molar-refractivity contribution is 5.55. The molecule has 0 aliphatic rings. The van der Waals surface area contributed by atoms with E-state index in [1.54, 1.807) is 6.21 Å². The summed E-state index contributed by atoms with van der Waals surface area (Å²) in [5.41, 5.74) is 7.98. The molecular formula is C8H14N2. The van der Waals surface area contributed by atoms with Crippen LogP contribution < -0.4 is 5.73 Å². The summed E-state index contributed by atoms with van der Waals surface area (Å²) in [6.07, 6.45) is 1.71. The van der Waals surface area contributed by atoms with Gasteiger partial charge >= 0.3 is 0 Å². The van der Waals surface area contributed by atoms with Gasteiger partial charge in [-0.05, 0) is 26.3 Å². The van der Waals surface area contributed by atoms with Crippen molar-refractivity contribution < 1.29 is 0 Å². The molecule has 0 saturated carbocycles. The van der Waals surface area contributed by atoms with E-state index in [0.717, 1.165) is 11.3 Å². The largest absolute Gasteiger partial charge is 0.397 e. The summed E-state index contributed by atoms with van der Waals surface area (Å²) >= 11 is 0. The van der Waals surface area contributed by atoms with Crippen LogP contribution in [0.2, 0.25) is 0 Å². The first-order valence-electron chi connectivity index (χ1n) is 3.20. The molecule has 0 aliphatic heterocycles. The molecule has 0 atom stereocenters. The fourth-order valence-corrected chi connectivity index (χ4v) is 0.572. The van der Waals surface area contributed by atoms with Gasteiger partial charge in [0.2, 0.25) is 0 Å². The molecule has 56 valence electrons. The minimum Gasteiger partial charge on any atom is -0.397 e. The highest BCUT2D eigenvalue weighted by atomic mass is 14.8. The van der Waals surface area contributed by atoms with Gasteiger partial charge in [0.25, 0.3) is 0 Å². The molecule has 0 heterocycles. The van der Waals surface area contributed by atoms with Crippen LogP contribution in [-0.4, -0.2) is 6.21 Å². The Balaban J connectivity index is 4.50. The zero-order chi connectivity index (χ0) is 8.15. The van der Waals surface area contributed by atoms with Crippen molar-refractivity contribution in [1.29, 1.82) is 0 Å². The Morgan fingerprint density at radius 2 is 2.00 bits per heavy atom. The van der Waals surface area contributed by atoms with Crippen molar-refractivity contribution in [2.24, 2.45) is 10.7 Å². The maximum absolute atomic E-state index is 5.61. The second-order valence-electron chi connectivity index (χ2n) is 2.17. The summed E-state index contributed by atoms with van der Waals surface area (Å²) < 4.78 is 0. The lowest BCUT2D eigenvalue weighted by molar-refractivity contribution is 1.16. The third-order valence-corrected chi connectivity index (χ3v) is 1.17. The Labute approximate surface area is 62.1 Å². The molecule has 0 radical (unpaired) electrons. The van der Waals surface area contributed by atoms with Crippen molar-refractivity contribution in [3.63, 3.8) is 0 Å². The van der Waals surface area contributed by atoms with Gasteiger partial charge in [-0.25, -0.2) is 0 Å². The predicted molar refractivity (Wildman–Crippen MR) is 45.9 cm³/mol. The van der Waals surface area contributed by atoms with Crippen LogP contribution in [0.3, 0.4) is 0 Å². The molecule has 0 rings (SSSR count). The summed E-state index contributed by atoms with van der Waals surface area (Å²) in [7, 11) is 0. The van der Waals surface area contributed by atoms with E-state index in [9.17, 15) is 0 Å². The molecule has 0 aromatic carbocycles. The number of aliphatic imine (C=N–C) groups is 1. The summed E-state index contributed by atoms with van der Waals surface area (Å²) in [5.74, 6) is 0. The Morgan fingerprint density at radius 3 is 2.30 bits per heavy atom. The smallest absolute Gasteiger partial charge is 0.0600 e. The van der Waals surface area contributed by atoms with Crippen molar-refractivity contribution in [3.8, 4) is 0 Å². The standard InChI is InChI=1S/C8H14N2/c1-5-10-7(4)8(9)6(2)3/h5H,2,9H2,1,3-4H3/b8-7+,10-5-. The van der Waals surface area contributed by atoms with Crippen molar-refractivity contribution in [2.75, 3.05) is 0 Å². The van der Waals surface area contributed by atoms with Crippen molar-refractivity contribution in [3.05, 3.63) is 23.5 Å². The second kappa shape index (κ2) is 3.88. The minimum atomic E-state index is 0.679. The third-order valence-electron chi connectivity index (χ3n) is 1.17. The van der Waals surface area contributed by atoms with Crippen LogP contribution in [0.25, 0.3) is 0 Å². The first kappa shape index (κ1) is 8.95. The second-order valence-corrected chi connectivity index (χ2v) is 2.17. The topological polar surface area (TPSA) is 38.4 Å². The van der Waals surface area contributed by atoms with E-state index >= 15 is 0 Å². The van der Waals surface area contributed by atoms with Gasteiger partial charge in [0.05, 0.1) is 11.4 Å². The van der Waals surface area contributed by atoms with E-state index < -0.39 is 0 Å². The Bertz CT molecular complexity index is 187. The number of hydrogen-bond acceptors (Lipinski definition) is 2. The molecule has 2 nitrogen and oxygen atoms in total. The molecule has 0 spiro atoms. The summed E-state index contributed by atoms with van der Waals surface area (Å²) in [6.45, 7) is 9.29. The van der Waals surface area contributed by atoms with Gasteiger partial charge in [0, 0.05) is 6.21 Å². The average Bonchev–Trinajstić information content (AvgIpc) is 1.87. The fraction of sp³-hybridized carbons (Fsp3) is 0.375. The normalized spacial score (nSPS) is 13.5. The SMILES string of the molecule is C=C(C)/C(N)=C(C)\N=C/C. The number of allylic oxidation sites excluding steroid dienone is 2. The highest BCUT2D eigenvalue weighted by Gasteiger charge is 1.93. The average molecular weight is 138 g/mol. The van der Waals surface area contributed by atoms with Crippen LogP contribution >= 0.6 is 0 Å². The number of nitrogens with zero attached hydrogens (tertiary/aromatic N) is 1.